The highest BCUT2D eigenvalue weighted by Gasteiger charge is 2.11. The zero-order valence-corrected chi connectivity index (χ0v) is 13.8. The Balaban J connectivity index is 1.61. The molecule has 3 aromatic carbocycles. The van der Waals surface area contributed by atoms with E-state index in [-0.39, 0.29) is 0 Å². The van der Waals surface area contributed by atoms with E-state index in [0.29, 0.717) is 0 Å². The third kappa shape index (κ3) is 3.05. The summed E-state index contributed by atoms with van der Waals surface area (Å²) in [6.07, 6.45) is 3.21. The lowest BCUT2D eigenvalue weighted by Crippen LogP contribution is -2.31. The molecule has 0 aromatic heterocycles. The average Bonchev–Trinajstić information content (AvgIpc) is 2.67. The average molecular weight is 314 g/mol. The number of nitrogens with one attached hydrogen (secondary N) is 1. The van der Waals surface area contributed by atoms with Gasteiger partial charge in [-0.1, -0.05) is 66.7 Å². The summed E-state index contributed by atoms with van der Waals surface area (Å²) >= 11 is 0. The molecule has 120 valence electrons. The van der Waals surface area contributed by atoms with E-state index >= 15 is 0 Å². The van der Waals surface area contributed by atoms with Crippen molar-refractivity contribution in [2.24, 2.45) is 4.99 Å². The van der Waals surface area contributed by atoms with Crippen LogP contribution in [0.1, 0.15) is 23.1 Å². The fourth-order valence-corrected chi connectivity index (χ4v) is 3.46. The van der Waals surface area contributed by atoms with Gasteiger partial charge in [0.15, 0.2) is 0 Å². The molecule has 0 amide bonds. The van der Waals surface area contributed by atoms with Gasteiger partial charge in [-0.15, -0.1) is 0 Å². The van der Waals surface area contributed by atoms with Crippen LogP contribution >= 0.6 is 0 Å². The smallest absolute Gasteiger partial charge is 0.128 e. The first-order valence-electron chi connectivity index (χ1n) is 8.75. The van der Waals surface area contributed by atoms with Crippen molar-refractivity contribution in [2.75, 3.05) is 13.1 Å². The van der Waals surface area contributed by atoms with E-state index in [2.05, 4.69) is 77.0 Å². The molecule has 0 saturated heterocycles. The molecular weight excluding hydrogens is 292 g/mol. The molecule has 1 aliphatic heterocycles. The Hall–Kier alpha value is -2.61. The summed E-state index contributed by atoms with van der Waals surface area (Å²) in [5.41, 5.74) is 4.05. The van der Waals surface area contributed by atoms with Crippen LogP contribution in [0, 0.1) is 0 Å². The van der Waals surface area contributed by atoms with Crippen molar-refractivity contribution in [2.45, 2.75) is 19.3 Å². The Morgan fingerprint density at radius 3 is 2.46 bits per heavy atom. The van der Waals surface area contributed by atoms with Crippen molar-refractivity contribution < 1.29 is 0 Å². The number of hydrogen-bond donors (Lipinski definition) is 1. The molecule has 1 N–H and O–H groups in total. The van der Waals surface area contributed by atoms with Gasteiger partial charge < -0.3 is 5.32 Å². The maximum Gasteiger partial charge on any atom is 0.128 e. The van der Waals surface area contributed by atoms with Gasteiger partial charge >= 0.3 is 0 Å². The zero-order valence-electron chi connectivity index (χ0n) is 13.8. The minimum Gasteiger partial charge on any atom is -0.370 e. The number of amidine groups is 1. The molecule has 0 aliphatic carbocycles. The van der Waals surface area contributed by atoms with Crippen LogP contribution in [-0.2, 0) is 12.8 Å². The molecule has 2 heteroatoms. The molecule has 0 fully saturated rings. The van der Waals surface area contributed by atoms with Crippen LogP contribution in [0.5, 0.6) is 0 Å². The van der Waals surface area contributed by atoms with Crippen LogP contribution in [0.4, 0.5) is 0 Å². The highest BCUT2D eigenvalue weighted by Crippen LogP contribution is 2.21. The Kier molecular flexibility index (Phi) is 4.28. The summed E-state index contributed by atoms with van der Waals surface area (Å²) < 4.78 is 0. The fraction of sp³-hybridized carbons (Fsp3) is 0.227. The molecule has 3 aromatic rings. The summed E-state index contributed by atoms with van der Waals surface area (Å²) in [5, 5.41) is 6.14. The van der Waals surface area contributed by atoms with Crippen molar-refractivity contribution in [1.29, 1.82) is 0 Å². The van der Waals surface area contributed by atoms with Gasteiger partial charge in [-0.25, -0.2) is 0 Å². The molecule has 1 heterocycles. The predicted octanol–water partition coefficient (Wildman–Crippen LogP) is 4.36. The fourth-order valence-electron chi connectivity index (χ4n) is 3.46. The van der Waals surface area contributed by atoms with Gasteiger partial charge in [0.2, 0.25) is 0 Å². The molecule has 0 spiro atoms. The molecule has 0 unspecified atom stereocenters. The Morgan fingerprint density at radius 1 is 0.792 bits per heavy atom. The van der Waals surface area contributed by atoms with Crippen molar-refractivity contribution in [3.05, 3.63) is 83.4 Å². The second kappa shape index (κ2) is 6.88. The maximum atomic E-state index is 4.67. The Bertz CT molecular complexity index is 875. The highest BCUT2D eigenvalue weighted by molar-refractivity contribution is 6.00. The van der Waals surface area contributed by atoms with Gasteiger partial charge in [0.05, 0.1) is 0 Å². The summed E-state index contributed by atoms with van der Waals surface area (Å²) in [6, 6.07) is 23.9. The lowest BCUT2D eigenvalue weighted by atomic mass is 9.96. The van der Waals surface area contributed by atoms with Crippen LogP contribution in [-0.4, -0.2) is 18.9 Å². The number of benzene rings is 3. The van der Waals surface area contributed by atoms with Crippen LogP contribution < -0.4 is 5.32 Å². The van der Waals surface area contributed by atoms with E-state index in [9.17, 15) is 0 Å². The second-order valence-corrected chi connectivity index (χ2v) is 6.31. The SMILES string of the molecule is c1ccc(C2=NCCCN2)c(CCc2cccc3ccccc23)c1. The summed E-state index contributed by atoms with van der Waals surface area (Å²) in [4.78, 5) is 4.67. The van der Waals surface area contributed by atoms with E-state index in [1.807, 2.05) is 0 Å². The second-order valence-electron chi connectivity index (χ2n) is 6.31. The largest absolute Gasteiger partial charge is 0.370 e. The molecule has 0 saturated carbocycles. The Morgan fingerprint density at radius 2 is 1.54 bits per heavy atom. The van der Waals surface area contributed by atoms with Gasteiger partial charge in [0.1, 0.15) is 5.84 Å². The summed E-state index contributed by atoms with van der Waals surface area (Å²) in [7, 11) is 0. The number of nitrogens with zero attached hydrogens (tertiary/aromatic N) is 1. The van der Waals surface area contributed by atoms with Crippen molar-refractivity contribution in [1.82, 2.24) is 5.32 Å². The highest BCUT2D eigenvalue weighted by atomic mass is 15.0. The Labute approximate surface area is 143 Å². The minimum absolute atomic E-state index is 0.931. The monoisotopic (exact) mass is 314 g/mol. The van der Waals surface area contributed by atoms with Gasteiger partial charge in [-0.2, -0.15) is 0 Å². The number of hydrogen-bond acceptors (Lipinski definition) is 2. The lowest BCUT2D eigenvalue weighted by Gasteiger charge is -2.17. The first kappa shape index (κ1) is 14.9. The third-order valence-electron chi connectivity index (χ3n) is 4.71. The van der Waals surface area contributed by atoms with Gasteiger partial charge in [-0.05, 0) is 41.2 Å². The van der Waals surface area contributed by atoms with Crippen LogP contribution in [0.2, 0.25) is 0 Å². The van der Waals surface area contributed by atoms with E-state index in [1.165, 1.54) is 27.5 Å². The summed E-state index contributed by atoms with van der Waals surface area (Å²) in [6.45, 7) is 1.95. The summed E-state index contributed by atoms with van der Waals surface area (Å²) in [5.74, 6) is 1.06. The van der Waals surface area contributed by atoms with Crippen LogP contribution in [0.15, 0.2) is 71.7 Å². The number of aliphatic imine (C=N–C) groups is 1. The standard InChI is InChI=1S/C22H22N2/c1-3-11-20-17(7-1)9-5-10-18(20)13-14-19-8-2-4-12-21(19)22-23-15-6-16-24-22/h1-5,7-12H,6,13-16H2,(H,23,24). The molecular formula is C22H22N2. The maximum absolute atomic E-state index is 4.67. The lowest BCUT2D eigenvalue weighted by molar-refractivity contribution is 0.741. The molecule has 1 aliphatic rings. The van der Waals surface area contributed by atoms with E-state index < -0.39 is 0 Å². The molecule has 0 atom stereocenters. The molecule has 24 heavy (non-hydrogen) atoms. The van der Waals surface area contributed by atoms with Gasteiger partial charge in [0.25, 0.3) is 0 Å². The van der Waals surface area contributed by atoms with Gasteiger partial charge in [0, 0.05) is 18.7 Å². The zero-order chi connectivity index (χ0) is 16.2. The van der Waals surface area contributed by atoms with E-state index in [4.69, 9.17) is 0 Å². The molecule has 2 nitrogen and oxygen atoms in total. The van der Waals surface area contributed by atoms with Gasteiger partial charge in [-0.3, -0.25) is 4.99 Å². The predicted molar refractivity (Wildman–Crippen MR) is 102 cm³/mol. The van der Waals surface area contributed by atoms with Crippen LogP contribution in [0.25, 0.3) is 10.8 Å². The third-order valence-corrected chi connectivity index (χ3v) is 4.71. The van der Waals surface area contributed by atoms with Crippen molar-refractivity contribution >= 4 is 16.6 Å². The van der Waals surface area contributed by atoms with Crippen molar-refractivity contribution in [3.63, 3.8) is 0 Å². The van der Waals surface area contributed by atoms with Crippen LogP contribution in [0.3, 0.4) is 0 Å². The molecule has 0 bridgehead atoms. The molecule has 0 radical (unpaired) electrons. The van der Waals surface area contributed by atoms with Crippen molar-refractivity contribution in [3.8, 4) is 0 Å². The normalized spacial score (nSPS) is 14.2. The topological polar surface area (TPSA) is 24.4 Å². The minimum atomic E-state index is 0.931. The van der Waals surface area contributed by atoms with E-state index in [1.54, 1.807) is 0 Å². The number of aryl methyl sites for hydroxylation is 2. The van der Waals surface area contributed by atoms with E-state index in [0.717, 1.165) is 38.2 Å². The first-order chi connectivity index (χ1) is 11.9. The number of rotatable bonds is 4. The first-order valence-corrected chi connectivity index (χ1v) is 8.75. The quantitative estimate of drug-likeness (QED) is 0.760. The number of fused-ring (bicyclic) bond motifs is 1. The molecule has 4 rings (SSSR count).